The van der Waals surface area contributed by atoms with E-state index < -0.39 is 5.97 Å². The fourth-order valence-electron chi connectivity index (χ4n) is 2.31. The molecule has 3 rings (SSSR count). The van der Waals surface area contributed by atoms with Crippen LogP contribution in [-0.4, -0.2) is 5.97 Å². The number of nitroso groups, excluding NO2 is 1. The van der Waals surface area contributed by atoms with E-state index in [1.165, 1.54) is 0 Å². The molecule has 0 saturated carbocycles. The van der Waals surface area contributed by atoms with Crippen molar-refractivity contribution in [2.45, 2.75) is 6.92 Å². The van der Waals surface area contributed by atoms with Gasteiger partial charge < -0.3 is 4.74 Å². The Morgan fingerprint density at radius 2 is 1.54 bits per heavy atom. The summed E-state index contributed by atoms with van der Waals surface area (Å²) in [6.07, 6.45) is 0. The number of ether oxygens (including phenoxy) is 1. The minimum atomic E-state index is -0.478. The molecule has 6 nitrogen and oxygen atoms in total. The molecule has 0 aliphatic rings. The normalized spacial score (nSPS) is 10.8. The molecule has 0 radical (unpaired) electrons. The molecule has 0 aliphatic heterocycles. The molecule has 6 heteroatoms. The van der Waals surface area contributed by atoms with Crippen LogP contribution in [0.15, 0.2) is 88.2 Å². The van der Waals surface area contributed by atoms with Crippen LogP contribution in [0.1, 0.15) is 6.92 Å². The number of nitrogens with zero attached hydrogens (tertiary/aromatic N) is 3. The highest BCUT2D eigenvalue weighted by Gasteiger charge is 2.11. The van der Waals surface area contributed by atoms with Crippen molar-refractivity contribution in [2.24, 2.45) is 15.4 Å². The van der Waals surface area contributed by atoms with Crippen LogP contribution in [0.5, 0.6) is 5.75 Å². The lowest BCUT2D eigenvalue weighted by Gasteiger charge is -2.09. The van der Waals surface area contributed by atoms with E-state index in [-0.39, 0.29) is 0 Å². The van der Waals surface area contributed by atoms with E-state index in [0.29, 0.717) is 28.4 Å². The van der Waals surface area contributed by atoms with Crippen LogP contribution in [0.25, 0.3) is 10.8 Å². The number of azo groups is 1. The Labute approximate surface area is 149 Å². The van der Waals surface area contributed by atoms with Crippen molar-refractivity contribution in [1.82, 2.24) is 0 Å². The topological polar surface area (TPSA) is 80.4 Å². The molecule has 3 aromatic rings. The van der Waals surface area contributed by atoms with Crippen LogP contribution in [0.3, 0.4) is 0 Å². The van der Waals surface area contributed by atoms with Crippen molar-refractivity contribution in [1.29, 1.82) is 0 Å². The van der Waals surface area contributed by atoms with E-state index in [9.17, 15) is 9.70 Å². The van der Waals surface area contributed by atoms with Crippen LogP contribution in [-0.2, 0) is 4.79 Å². The van der Waals surface area contributed by atoms with Crippen molar-refractivity contribution in [3.8, 4) is 5.75 Å². The summed E-state index contributed by atoms with van der Waals surface area (Å²) in [6.45, 7) is 5.19. The number of hydrogen-bond donors (Lipinski definition) is 0. The second-order valence-corrected chi connectivity index (χ2v) is 5.61. The molecule has 0 bridgehead atoms. The summed E-state index contributed by atoms with van der Waals surface area (Å²) >= 11 is 0. The number of carbonyl (C=O) groups is 1. The summed E-state index contributed by atoms with van der Waals surface area (Å²) in [5, 5.41) is 12.9. The first-order chi connectivity index (χ1) is 12.6. The third-order valence-corrected chi connectivity index (χ3v) is 3.64. The van der Waals surface area contributed by atoms with Crippen molar-refractivity contribution < 1.29 is 9.53 Å². The molecule has 0 aromatic heterocycles. The number of esters is 1. The molecule has 0 heterocycles. The average molecular weight is 345 g/mol. The van der Waals surface area contributed by atoms with Crippen LogP contribution in [0.2, 0.25) is 0 Å². The third kappa shape index (κ3) is 3.70. The lowest BCUT2D eigenvalue weighted by molar-refractivity contribution is -0.129. The highest BCUT2D eigenvalue weighted by atomic mass is 16.5. The Hall–Kier alpha value is -3.67. The Kier molecular flexibility index (Phi) is 4.94. The van der Waals surface area contributed by atoms with Crippen LogP contribution in [0, 0.1) is 4.91 Å². The quantitative estimate of drug-likeness (QED) is 0.183. The Balaban J connectivity index is 1.96. The molecule has 0 aliphatic carbocycles. The lowest BCUT2D eigenvalue weighted by Crippen LogP contribution is -2.08. The van der Waals surface area contributed by atoms with Gasteiger partial charge in [0.2, 0.25) is 0 Å². The van der Waals surface area contributed by atoms with Gasteiger partial charge in [0.25, 0.3) is 0 Å². The molecule has 26 heavy (non-hydrogen) atoms. The fraction of sp³-hybridized carbons (Fsp3) is 0.0500. The van der Waals surface area contributed by atoms with E-state index in [1.807, 2.05) is 24.3 Å². The van der Waals surface area contributed by atoms with Gasteiger partial charge >= 0.3 is 5.97 Å². The lowest BCUT2D eigenvalue weighted by atomic mass is 10.1. The van der Waals surface area contributed by atoms with Gasteiger partial charge in [-0.2, -0.15) is 5.11 Å². The van der Waals surface area contributed by atoms with Crippen molar-refractivity contribution in [3.05, 3.63) is 77.7 Å². The zero-order valence-electron chi connectivity index (χ0n) is 14.0. The van der Waals surface area contributed by atoms with E-state index in [4.69, 9.17) is 4.74 Å². The van der Waals surface area contributed by atoms with Crippen LogP contribution in [0.4, 0.5) is 17.1 Å². The van der Waals surface area contributed by atoms with Crippen molar-refractivity contribution in [2.75, 3.05) is 0 Å². The van der Waals surface area contributed by atoms with E-state index in [0.717, 1.165) is 10.8 Å². The van der Waals surface area contributed by atoms with Gasteiger partial charge in [-0.05, 0) is 48.5 Å². The minimum Gasteiger partial charge on any atom is -0.423 e. The first-order valence-electron chi connectivity index (χ1n) is 7.83. The zero-order chi connectivity index (χ0) is 18.5. The summed E-state index contributed by atoms with van der Waals surface area (Å²) in [7, 11) is 0. The number of fused-ring (bicyclic) bond motifs is 1. The third-order valence-electron chi connectivity index (χ3n) is 3.64. The monoisotopic (exact) mass is 345 g/mol. The number of benzene rings is 3. The maximum atomic E-state index is 11.8. The second-order valence-electron chi connectivity index (χ2n) is 5.61. The standard InChI is InChI=1S/C20H15N3O3/c1-13(2)20(24)26-19-12-11-18(16-5-3-4-6-17(16)19)22-21-14-7-9-15(23-25)10-8-14/h3-12H,1H2,2H3. The summed E-state index contributed by atoms with van der Waals surface area (Å²) in [6, 6.07) is 17.3. The average Bonchev–Trinajstić information content (AvgIpc) is 2.67. The first kappa shape index (κ1) is 17.2. The molecule has 0 spiro atoms. The summed E-state index contributed by atoms with van der Waals surface area (Å²) in [5.41, 5.74) is 1.89. The fourth-order valence-corrected chi connectivity index (χ4v) is 2.31. The van der Waals surface area contributed by atoms with Gasteiger partial charge in [-0.25, -0.2) is 4.79 Å². The van der Waals surface area contributed by atoms with Gasteiger partial charge in [-0.3, -0.25) is 0 Å². The van der Waals surface area contributed by atoms with Crippen LogP contribution >= 0.6 is 0 Å². The van der Waals surface area contributed by atoms with Gasteiger partial charge in [0.15, 0.2) is 0 Å². The van der Waals surface area contributed by atoms with E-state index >= 15 is 0 Å². The predicted octanol–water partition coefficient (Wildman–Crippen LogP) is 6.13. The van der Waals surface area contributed by atoms with E-state index in [2.05, 4.69) is 22.0 Å². The molecule has 0 saturated heterocycles. The highest BCUT2D eigenvalue weighted by molar-refractivity contribution is 5.99. The Bertz CT molecular complexity index is 1020. The van der Waals surface area contributed by atoms with Crippen molar-refractivity contribution in [3.63, 3.8) is 0 Å². The minimum absolute atomic E-state index is 0.325. The van der Waals surface area contributed by atoms with Gasteiger partial charge in [-0.1, -0.05) is 30.8 Å². The largest absolute Gasteiger partial charge is 0.423 e. The summed E-state index contributed by atoms with van der Waals surface area (Å²) in [4.78, 5) is 22.3. The molecule has 0 atom stereocenters. The molecular formula is C20H15N3O3. The second kappa shape index (κ2) is 7.48. The SMILES string of the molecule is C=C(C)C(=O)Oc1ccc(N=Nc2ccc(N=O)cc2)c2ccccc12. The Morgan fingerprint density at radius 3 is 2.19 bits per heavy atom. The number of hydrogen-bond acceptors (Lipinski definition) is 6. The Morgan fingerprint density at radius 1 is 0.885 bits per heavy atom. The zero-order valence-corrected chi connectivity index (χ0v) is 14.0. The number of rotatable bonds is 5. The molecule has 3 aromatic carbocycles. The maximum absolute atomic E-state index is 11.8. The van der Waals surface area contributed by atoms with Crippen LogP contribution < -0.4 is 4.74 Å². The molecule has 0 amide bonds. The summed E-state index contributed by atoms with van der Waals surface area (Å²) in [5.74, 6) is -0.0395. The molecule has 0 N–H and O–H groups in total. The van der Waals surface area contributed by atoms with Crippen molar-refractivity contribution >= 4 is 33.8 Å². The van der Waals surface area contributed by atoms with E-state index in [1.54, 1.807) is 43.3 Å². The first-order valence-corrected chi connectivity index (χ1v) is 7.83. The smallest absolute Gasteiger partial charge is 0.338 e. The molecular weight excluding hydrogens is 330 g/mol. The molecule has 0 fully saturated rings. The summed E-state index contributed by atoms with van der Waals surface area (Å²) < 4.78 is 5.38. The highest BCUT2D eigenvalue weighted by Crippen LogP contribution is 2.34. The van der Waals surface area contributed by atoms with Gasteiger partial charge in [0.05, 0.1) is 11.4 Å². The van der Waals surface area contributed by atoms with Gasteiger partial charge in [0.1, 0.15) is 11.4 Å². The van der Waals surface area contributed by atoms with Gasteiger partial charge in [0, 0.05) is 16.3 Å². The predicted molar refractivity (Wildman–Crippen MR) is 100 cm³/mol. The maximum Gasteiger partial charge on any atom is 0.338 e. The van der Waals surface area contributed by atoms with Gasteiger partial charge in [-0.15, -0.1) is 10.0 Å². The molecule has 128 valence electrons. The molecule has 0 unspecified atom stereocenters. The number of carbonyl (C=O) groups excluding carboxylic acids is 1.